The molecule has 1 aliphatic heterocycles. The molecule has 1 aliphatic rings. The van der Waals surface area contributed by atoms with E-state index in [1.165, 1.54) is 6.42 Å². The van der Waals surface area contributed by atoms with Crippen LogP contribution in [-0.4, -0.2) is 32.2 Å². The molecule has 110 valence electrons. The maximum atomic E-state index is 12.4. The van der Waals surface area contributed by atoms with E-state index in [0.29, 0.717) is 4.90 Å². The summed E-state index contributed by atoms with van der Waals surface area (Å²) in [5, 5.41) is 0. The number of hydrogen-bond donors (Lipinski definition) is 0. The summed E-state index contributed by atoms with van der Waals surface area (Å²) in [5.41, 5.74) is 1.23. The van der Waals surface area contributed by atoms with Crippen molar-refractivity contribution in [3.05, 3.63) is 24.3 Å². The molecule has 20 heavy (non-hydrogen) atoms. The smallest absolute Gasteiger partial charge is 0.372 e. The van der Waals surface area contributed by atoms with E-state index in [9.17, 15) is 18.0 Å². The van der Waals surface area contributed by atoms with Crippen molar-refractivity contribution >= 4 is 17.3 Å². The molecular weight excluding hydrogens is 269 g/mol. The first-order valence-electron chi connectivity index (χ1n) is 6.59. The standard InChI is InChI=1S/C14H17F3N2O/c1-18(13(20)14(15,16)17)11-5-7-12(8-6-11)19-9-3-2-4-10-19/h5-8H,2-4,9-10H2,1H3. The van der Waals surface area contributed by atoms with E-state index in [0.717, 1.165) is 38.7 Å². The van der Waals surface area contributed by atoms with Crippen LogP contribution in [0.1, 0.15) is 19.3 Å². The Bertz CT molecular complexity index is 464. The number of carbonyl (C=O) groups excluding carboxylic acids is 1. The first kappa shape index (κ1) is 14.7. The molecule has 0 bridgehead atoms. The number of rotatable bonds is 2. The van der Waals surface area contributed by atoms with Crippen molar-refractivity contribution in [1.82, 2.24) is 0 Å². The van der Waals surface area contributed by atoms with Gasteiger partial charge in [0.2, 0.25) is 0 Å². The van der Waals surface area contributed by atoms with E-state index in [-0.39, 0.29) is 5.69 Å². The zero-order valence-electron chi connectivity index (χ0n) is 11.3. The fraction of sp³-hybridized carbons (Fsp3) is 0.500. The molecule has 1 aromatic carbocycles. The lowest BCUT2D eigenvalue weighted by Crippen LogP contribution is -2.38. The lowest BCUT2D eigenvalue weighted by molar-refractivity contribution is -0.170. The van der Waals surface area contributed by atoms with Crippen molar-refractivity contribution in [1.29, 1.82) is 0 Å². The van der Waals surface area contributed by atoms with E-state index in [4.69, 9.17) is 0 Å². The van der Waals surface area contributed by atoms with Gasteiger partial charge in [-0.1, -0.05) is 0 Å². The molecule has 0 N–H and O–H groups in total. The van der Waals surface area contributed by atoms with Gasteiger partial charge in [-0.15, -0.1) is 0 Å². The van der Waals surface area contributed by atoms with Crippen molar-refractivity contribution in [2.45, 2.75) is 25.4 Å². The molecule has 1 amide bonds. The number of nitrogens with zero attached hydrogens (tertiary/aromatic N) is 2. The molecule has 0 unspecified atom stereocenters. The second-order valence-corrected chi connectivity index (χ2v) is 4.93. The molecule has 2 rings (SSSR count). The average molecular weight is 286 g/mol. The normalized spacial score (nSPS) is 16.1. The van der Waals surface area contributed by atoms with Crippen LogP contribution < -0.4 is 9.80 Å². The Labute approximate surface area is 116 Å². The predicted octanol–water partition coefficient (Wildman–Crippen LogP) is 3.20. The molecule has 1 fully saturated rings. The molecular formula is C14H17F3N2O. The van der Waals surface area contributed by atoms with Crippen LogP contribution in [0.25, 0.3) is 0 Å². The van der Waals surface area contributed by atoms with E-state index >= 15 is 0 Å². The zero-order valence-corrected chi connectivity index (χ0v) is 11.3. The molecule has 1 aromatic rings. The van der Waals surface area contributed by atoms with Gasteiger partial charge < -0.3 is 9.80 Å². The molecule has 0 atom stereocenters. The van der Waals surface area contributed by atoms with Crippen molar-refractivity contribution < 1.29 is 18.0 Å². The largest absolute Gasteiger partial charge is 0.471 e. The summed E-state index contributed by atoms with van der Waals surface area (Å²) in [6.07, 6.45) is -1.36. The van der Waals surface area contributed by atoms with Crippen molar-refractivity contribution in [2.24, 2.45) is 0 Å². The first-order chi connectivity index (χ1) is 9.39. The summed E-state index contributed by atoms with van der Waals surface area (Å²) in [5.74, 6) is -1.86. The van der Waals surface area contributed by atoms with Crippen molar-refractivity contribution in [2.75, 3.05) is 29.9 Å². The number of amides is 1. The highest BCUT2D eigenvalue weighted by molar-refractivity contribution is 5.96. The molecule has 0 aliphatic carbocycles. The number of carbonyl (C=O) groups is 1. The third kappa shape index (κ3) is 3.23. The second-order valence-electron chi connectivity index (χ2n) is 4.93. The fourth-order valence-electron chi connectivity index (χ4n) is 2.35. The Hall–Kier alpha value is -1.72. The van der Waals surface area contributed by atoms with E-state index in [2.05, 4.69) is 4.90 Å². The quantitative estimate of drug-likeness (QED) is 0.833. The average Bonchev–Trinajstić information content (AvgIpc) is 2.46. The molecule has 1 saturated heterocycles. The van der Waals surface area contributed by atoms with Crippen LogP contribution >= 0.6 is 0 Å². The van der Waals surface area contributed by atoms with Crippen LogP contribution in [0.3, 0.4) is 0 Å². The SMILES string of the molecule is CN(C(=O)C(F)(F)F)c1ccc(N2CCCCC2)cc1. The van der Waals surface area contributed by atoms with Crippen molar-refractivity contribution in [3.8, 4) is 0 Å². The van der Waals surface area contributed by atoms with E-state index in [1.807, 2.05) is 0 Å². The Balaban J connectivity index is 2.09. The second kappa shape index (κ2) is 5.73. The minimum atomic E-state index is -4.85. The molecule has 0 aromatic heterocycles. The van der Waals surface area contributed by atoms with Gasteiger partial charge in [0.25, 0.3) is 0 Å². The van der Waals surface area contributed by atoms with Gasteiger partial charge in [0.15, 0.2) is 0 Å². The summed E-state index contributed by atoms with van der Waals surface area (Å²) in [6.45, 7) is 1.94. The van der Waals surface area contributed by atoms with Gasteiger partial charge in [-0.05, 0) is 43.5 Å². The zero-order chi connectivity index (χ0) is 14.8. The van der Waals surface area contributed by atoms with E-state index < -0.39 is 12.1 Å². The van der Waals surface area contributed by atoms with Gasteiger partial charge in [0, 0.05) is 31.5 Å². The number of hydrogen-bond acceptors (Lipinski definition) is 2. The Morgan fingerprint density at radius 1 is 1.10 bits per heavy atom. The van der Waals surface area contributed by atoms with Gasteiger partial charge >= 0.3 is 12.1 Å². The number of alkyl halides is 3. The van der Waals surface area contributed by atoms with Gasteiger partial charge in [0.1, 0.15) is 0 Å². The predicted molar refractivity (Wildman–Crippen MR) is 72.0 cm³/mol. The van der Waals surface area contributed by atoms with E-state index in [1.54, 1.807) is 24.3 Å². The maximum Gasteiger partial charge on any atom is 0.471 e. The number of piperidine rings is 1. The third-order valence-corrected chi connectivity index (χ3v) is 3.51. The Morgan fingerprint density at radius 2 is 1.65 bits per heavy atom. The minimum Gasteiger partial charge on any atom is -0.372 e. The summed E-state index contributed by atoms with van der Waals surface area (Å²) in [4.78, 5) is 14.0. The number of benzene rings is 1. The fourth-order valence-corrected chi connectivity index (χ4v) is 2.35. The van der Waals surface area contributed by atoms with Gasteiger partial charge in [-0.2, -0.15) is 13.2 Å². The van der Waals surface area contributed by atoms with Gasteiger partial charge in [0.05, 0.1) is 0 Å². The summed E-state index contributed by atoms with van der Waals surface area (Å²) in [7, 11) is 1.13. The molecule has 0 saturated carbocycles. The highest BCUT2D eigenvalue weighted by Crippen LogP contribution is 2.26. The highest BCUT2D eigenvalue weighted by Gasteiger charge is 2.41. The molecule has 0 spiro atoms. The number of halogens is 3. The molecule has 1 heterocycles. The maximum absolute atomic E-state index is 12.4. The molecule has 0 radical (unpaired) electrons. The summed E-state index contributed by atoms with van der Waals surface area (Å²) in [6, 6.07) is 6.63. The van der Waals surface area contributed by atoms with Crippen molar-refractivity contribution in [3.63, 3.8) is 0 Å². The van der Waals surface area contributed by atoms with Crippen LogP contribution in [0.4, 0.5) is 24.5 Å². The van der Waals surface area contributed by atoms with Gasteiger partial charge in [-0.25, -0.2) is 0 Å². The van der Waals surface area contributed by atoms with Crippen LogP contribution in [0, 0.1) is 0 Å². The minimum absolute atomic E-state index is 0.244. The first-order valence-corrected chi connectivity index (χ1v) is 6.59. The number of anilines is 2. The van der Waals surface area contributed by atoms with Crippen LogP contribution in [0.5, 0.6) is 0 Å². The lowest BCUT2D eigenvalue weighted by Gasteiger charge is -2.29. The lowest BCUT2D eigenvalue weighted by atomic mass is 10.1. The van der Waals surface area contributed by atoms with Gasteiger partial charge in [-0.3, -0.25) is 4.79 Å². The molecule has 3 nitrogen and oxygen atoms in total. The molecule has 6 heteroatoms. The monoisotopic (exact) mass is 286 g/mol. The summed E-state index contributed by atoms with van der Waals surface area (Å²) < 4.78 is 37.1. The Kier molecular flexibility index (Phi) is 4.20. The van der Waals surface area contributed by atoms with Crippen LogP contribution in [0.15, 0.2) is 24.3 Å². The summed E-state index contributed by atoms with van der Waals surface area (Å²) >= 11 is 0. The van der Waals surface area contributed by atoms with Crippen LogP contribution in [0.2, 0.25) is 0 Å². The topological polar surface area (TPSA) is 23.6 Å². The Morgan fingerprint density at radius 3 is 2.15 bits per heavy atom. The highest BCUT2D eigenvalue weighted by atomic mass is 19.4. The third-order valence-electron chi connectivity index (χ3n) is 3.51. The van der Waals surface area contributed by atoms with Crippen LogP contribution in [-0.2, 0) is 4.79 Å².